The van der Waals surface area contributed by atoms with Gasteiger partial charge in [-0.3, -0.25) is 0 Å². The maximum absolute atomic E-state index is 10.1. The Morgan fingerprint density at radius 3 is 1.25 bits per heavy atom. The molecule has 2 rings (SSSR count). The van der Waals surface area contributed by atoms with Crippen LogP contribution in [0, 0.1) is 0 Å². The first-order valence-electron chi connectivity index (χ1n) is 8.00. The van der Waals surface area contributed by atoms with Gasteiger partial charge >= 0.3 is 0 Å². The molecule has 0 aromatic heterocycles. The van der Waals surface area contributed by atoms with E-state index in [0.29, 0.717) is 0 Å². The van der Waals surface area contributed by atoms with Crippen LogP contribution in [0.2, 0.25) is 0 Å². The number of hydrogen-bond donors (Lipinski definition) is 2. The first kappa shape index (κ1) is 19.1. The third-order valence-electron chi connectivity index (χ3n) is 3.87. The lowest BCUT2D eigenvalue weighted by Crippen LogP contribution is -2.10. The van der Waals surface area contributed by atoms with Crippen LogP contribution >= 0.6 is 21.6 Å². The van der Waals surface area contributed by atoms with Crippen LogP contribution in [0.4, 0.5) is 0 Å². The van der Waals surface area contributed by atoms with Crippen LogP contribution in [-0.2, 0) is 10.8 Å². The molecule has 130 valence electrons. The van der Waals surface area contributed by atoms with Crippen molar-refractivity contribution in [1.29, 1.82) is 0 Å². The summed E-state index contributed by atoms with van der Waals surface area (Å²) in [6.45, 7) is 12.9. The molecule has 2 aromatic carbocycles. The molecule has 0 fully saturated rings. The summed E-state index contributed by atoms with van der Waals surface area (Å²) in [6, 6.07) is 11.5. The van der Waals surface area contributed by atoms with Crippen LogP contribution < -0.4 is 0 Å². The van der Waals surface area contributed by atoms with E-state index in [9.17, 15) is 10.2 Å². The Morgan fingerprint density at radius 2 is 0.958 bits per heavy atom. The Labute approximate surface area is 153 Å². The van der Waals surface area contributed by atoms with Gasteiger partial charge < -0.3 is 10.2 Å². The van der Waals surface area contributed by atoms with Gasteiger partial charge in [0.05, 0.1) is 9.79 Å². The summed E-state index contributed by atoms with van der Waals surface area (Å²) < 4.78 is 0. The van der Waals surface area contributed by atoms with Gasteiger partial charge in [0.2, 0.25) is 0 Å². The monoisotopic (exact) mass is 362 g/mol. The van der Waals surface area contributed by atoms with Gasteiger partial charge in [-0.2, -0.15) is 0 Å². The Bertz CT molecular complexity index is 662. The summed E-state index contributed by atoms with van der Waals surface area (Å²) in [4.78, 5) is 1.63. The number of hydrogen-bond acceptors (Lipinski definition) is 4. The van der Waals surface area contributed by atoms with E-state index in [1.807, 2.05) is 24.3 Å². The molecule has 0 unspecified atom stereocenters. The fourth-order valence-corrected chi connectivity index (χ4v) is 4.36. The van der Waals surface area contributed by atoms with Gasteiger partial charge in [-0.15, -0.1) is 0 Å². The molecule has 0 saturated heterocycles. The van der Waals surface area contributed by atoms with Crippen LogP contribution in [0.5, 0.6) is 11.5 Å². The molecule has 0 aliphatic heterocycles. The molecule has 0 radical (unpaired) electrons. The largest absolute Gasteiger partial charge is 0.507 e. The van der Waals surface area contributed by atoms with Gasteiger partial charge in [0.15, 0.2) is 0 Å². The zero-order chi connectivity index (χ0) is 18.1. The van der Waals surface area contributed by atoms with E-state index in [4.69, 9.17) is 0 Å². The minimum Gasteiger partial charge on any atom is -0.507 e. The van der Waals surface area contributed by atoms with Crippen LogP contribution in [0.1, 0.15) is 52.7 Å². The van der Waals surface area contributed by atoms with E-state index < -0.39 is 0 Å². The number of benzene rings is 2. The number of aromatic hydroxyl groups is 2. The maximum Gasteiger partial charge on any atom is 0.130 e. The van der Waals surface area contributed by atoms with Crippen LogP contribution in [0.25, 0.3) is 0 Å². The van der Waals surface area contributed by atoms with Gasteiger partial charge in [0.1, 0.15) is 11.5 Å². The first-order valence-corrected chi connectivity index (χ1v) is 10.1. The normalized spacial score (nSPS) is 12.4. The van der Waals surface area contributed by atoms with Crippen molar-refractivity contribution in [2.45, 2.75) is 62.2 Å². The summed E-state index contributed by atoms with van der Waals surface area (Å²) in [7, 11) is 2.94. The summed E-state index contributed by atoms with van der Waals surface area (Å²) in [5.74, 6) is 0.541. The highest BCUT2D eigenvalue weighted by Crippen LogP contribution is 2.46. The molecular weight excluding hydrogens is 336 g/mol. The minimum absolute atomic E-state index is 0.0297. The maximum atomic E-state index is 10.1. The molecule has 0 spiro atoms. The number of phenols is 2. The van der Waals surface area contributed by atoms with E-state index in [-0.39, 0.29) is 22.3 Å². The van der Waals surface area contributed by atoms with E-state index in [1.165, 1.54) is 32.7 Å². The molecule has 2 nitrogen and oxygen atoms in total. The van der Waals surface area contributed by atoms with E-state index in [0.717, 1.165) is 9.79 Å². The van der Waals surface area contributed by atoms with Crippen LogP contribution in [0.15, 0.2) is 46.2 Å². The zero-order valence-corrected chi connectivity index (χ0v) is 16.8. The molecule has 2 aromatic rings. The highest BCUT2D eigenvalue weighted by molar-refractivity contribution is 8.76. The molecule has 4 heteroatoms. The lowest BCUT2D eigenvalue weighted by atomic mass is 9.87. The number of phenolic OH excluding ortho intramolecular Hbond substituents is 2. The third kappa shape index (κ3) is 4.64. The lowest BCUT2D eigenvalue weighted by Gasteiger charge is -2.21. The van der Waals surface area contributed by atoms with Crippen molar-refractivity contribution in [3.05, 3.63) is 47.5 Å². The lowest BCUT2D eigenvalue weighted by molar-refractivity contribution is 0.459. The quantitative estimate of drug-likeness (QED) is 0.612. The standard InChI is InChI=1S/C20H26O2S2/c1-19(2,3)13-7-9-15(21)17(11-13)23-24-18-12-14(20(4,5)6)8-10-16(18)22/h7-12,21-22H,1-6H3. The SMILES string of the molecule is CC(C)(C)c1ccc(O)c(SSc2cc(C(C)(C)C)ccc2O)c1. The molecule has 0 bridgehead atoms. The third-order valence-corrected chi connectivity index (χ3v) is 6.30. The van der Waals surface area contributed by atoms with E-state index in [1.54, 1.807) is 12.1 Å². The molecule has 0 heterocycles. The highest BCUT2D eigenvalue weighted by Gasteiger charge is 2.18. The van der Waals surface area contributed by atoms with Crippen molar-refractivity contribution in [2.24, 2.45) is 0 Å². The van der Waals surface area contributed by atoms with Crippen LogP contribution in [-0.4, -0.2) is 10.2 Å². The Kier molecular flexibility index (Phi) is 5.50. The second-order valence-electron chi connectivity index (χ2n) is 8.03. The second-order valence-corrected chi connectivity index (χ2v) is 10.2. The summed E-state index contributed by atoms with van der Waals surface area (Å²) >= 11 is 0. The Balaban J connectivity index is 2.25. The van der Waals surface area contributed by atoms with Crippen molar-refractivity contribution >= 4 is 21.6 Å². The predicted octanol–water partition coefficient (Wildman–Crippen LogP) is 6.49. The van der Waals surface area contributed by atoms with Gasteiger partial charge in [-0.05, 0) is 67.8 Å². The van der Waals surface area contributed by atoms with Crippen molar-refractivity contribution in [3.63, 3.8) is 0 Å². The summed E-state index contributed by atoms with van der Waals surface area (Å²) in [5.41, 5.74) is 2.41. The molecule has 24 heavy (non-hydrogen) atoms. The highest BCUT2D eigenvalue weighted by atomic mass is 33.1. The smallest absolute Gasteiger partial charge is 0.130 e. The average Bonchev–Trinajstić information content (AvgIpc) is 2.45. The van der Waals surface area contributed by atoms with Crippen molar-refractivity contribution in [1.82, 2.24) is 0 Å². The molecule has 0 amide bonds. The summed E-state index contributed by atoms with van der Waals surface area (Å²) in [5, 5.41) is 20.3. The Hall–Kier alpha value is -1.26. The fraction of sp³-hybridized carbons (Fsp3) is 0.400. The molecular formula is C20H26O2S2. The average molecular weight is 363 g/mol. The number of rotatable bonds is 3. The first-order chi connectivity index (χ1) is 11.0. The van der Waals surface area contributed by atoms with Crippen molar-refractivity contribution in [3.8, 4) is 11.5 Å². The van der Waals surface area contributed by atoms with E-state index in [2.05, 4.69) is 41.5 Å². The fourth-order valence-electron chi connectivity index (χ4n) is 2.18. The second kappa shape index (κ2) is 6.93. The molecule has 2 N–H and O–H groups in total. The van der Waals surface area contributed by atoms with E-state index >= 15 is 0 Å². The zero-order valence-electron chi connectivity index (χ0n) is 15.2. The summed E-state index contributed by atoms with van der Waals surface area (Å²) in [6.07, 6.45) is 0. The molecule has 0 saturated carbocycles. The molecule has 0 atom stereocenters. The van der Waals surface area contributed by atoms with Gasteiger partial charge in [-0.25, -0.2) is 0 Å². The molecule has 0 aliphatic carbocycles. The molecule has 0 aliphatic rings. The topological polar surface area (TPSA) is 40.5 Å². The van der Waals surface area contributed by atoms with Gasteiger partial charge in [-0.1, -0.05) is 53.7 Å². The van der Waals surface area contributed by atoms with Gasteiger partial charge in [0.25, 0.3) is 0 Å². The Morgan fingerprint density at radius 1 is 0.625 bits per heavy atom. The predicted molar refractivity (Wildman–Crippen MR) is 105 cm³/mol. The van der Waals surface area contributed by atoms with Crippen molar-refractivity contribution in [2.75, 3.05) is 0 Å². The minimum atomic E-state index is 0.0297. The van der Waals surface area contributed by atoms with Crippen LogP contribution in [0.3, 0.4) is 0 Å². The van der Waals surface area contributed by atoms with Crippen molar-refractivity contribution < 1.29 is 10.2 Å². The van der Waals surface area contributed by atoms with Gasteiger partial charge in [0, 0.05) is 0 Å².